The number of hydrogen-bond acceptors (Lipinski definition) is 2. The summed E-state index contributed by atoms with van der Waals surface area (Å²) < 4.78 is 0. The van der Waals surface area contributed by atoms with Crippen LogP contribution in [0.25, 0.3) is 0 Å². The Balaban J connectivity index is 3.36. The van der Waals surface area contributed by atoms with E-state index in [4.69, 9.17) is 10.8 Å². The third-order valence-corrected chi connectivity index (χ3v) is 1.17. The lowest BCUT2D eigenvalue weighted by molar-refractivity contribution is 0.205. The fourth-order valence-electron chi connectivity index (χ4n) is 0.112. The fourth-order valence-corrected chi connectivity index (χ4v) is 0.112. The first-order chi connectivity index (χ1) is 3.12. The Morgan fingerprint density at radius 2 is 2.14 bits per heavy atom. The van der Waals surface area contributed by atoms with Gasteiger partial charge in [-0.3, -0.25) is 0 Å². The van der Waals surface area contributed by atoms with Gasteiger partial charge >= 0.3 is 0 Å². The second kappa shape index (κ2) is 2.28. The van der Waals surface area contributed by atoms with Crippen LogP contribution in [0.2, 0.25) is 0 Å². The van der Waals surface area contributed by atoms with Crippen LogP contribution in [-0.4, -0.2) is 17.3 Å². The molecule has 44 valence electrons. The number of aliphatic hydroxyl groups excluding tert-OH is 1. The lowest BCUT2D eigenvalue weighted by Crippen LogP contribution is -2.38. The van der Waals surface area contributed by atoms with E-state index < -0.39 is 0 Å². The molecule has 0 aliphatic heterocycles. The van der Waals surface area contributed by atoms with E-state index in [2.05, 4.69) is 0 Å². The Morgan fingerprint density at radius 1 is 1.71 bits per heavy atom. The van der Waals surface area contributed by atoms with Gasteiger partial charge in [0.1, 0.15) is 0 Å². The SMILES string of the molecule is CCC(C)(N)CO. The Labute approximate surface area is 44.3 Å². The molecule has 0 saturated carbocycles. The predicted molar refractivity (Wildman–Crippen MR) is 30.0 cm³/mol. The van der Waals surface area contributed by atoms with E-state index >= 15 is 0 Å². The number of hydrogen-bond donors (Lipinski definition) is 2. The normalized spacial score (nSPS) is 18.9. The molecule has 0 fully saturated rings. The van der Waals surface area contributed by atoms with E-state index in [9.17, 15) is 0 Å². The minimum absolute atomic E-state index is 0.0729. The van der Waals surface area contributed by atoms with Crippen molar-refractivity contribution in [2.75, 3.05) is 6.61 Å². The first kappa shape index (κ1) is 6.92. The van der Waals surface area contributed by atoms with E-state index in [1.54, 1.807) is 0 Å². The summed E-state index contributed by atoms with van der Waals surface area (Å²) in [6.45, 7) is 3.85. The Kier molecular flexibility index (Phi) is 2.26. The van der Waals surface area contributed by atoms with Crippen molar-refractivity contribution in [3.05, 3.63) is 0 Å². The molecule has 1 atom stereocenters. The van der Waals surface area contributed by atoms with Crippen molar-refractivity contribution >= 4 is 0 Å². The van der Waals surface area contributed by atoms with Gasteiger partial charge in [-0.25, -0.2) is 0 Å². The third-order valence-electron chi connectivity index (χ3n) is 1.17. The van der Waals surface area contributed by atoms with Crippen molar-refractivity contribution in [1.82, 2.24) is 0 Å². The van der Waals surface area contributed by atoms with Gasteiger partial charge in [-0.05, 0) is 13.3 Å². The molecule has 0 aliphatic carbocycles. The van der Waals surface area contributed by atoms with Crippen LogP contribution in [0.4, 0.5) is 0 Å². The maximum atomic E-state index is 8.47. The summed E-state index contributed by atoms with van der Waals surface area (Å²) in [6.07, 6.45) is 0.823. The molecule has 0 rings (SSSR count). The molecule has 0 bridgehead atoms. The summed E-state index contributed by atoms with van der Waals surface area (Å²) in [6, 6.07) is 0. The van der Waals surface area contributed by atoms with Gasteiger partial charge in [-0.15, -0.1) is 0 Å². The summed E-state index contributed by atoms with van der Waals surface area (Å²) >= 11 is 0. The molecule has 2 nitrogen and oxygen atoms in total. The van der Waals surface area contributed by atoms with Gasteiger partial charge in [0.2, 0.25) is 0 Å². The minimum Gasteiger partial charge on any atom is -0.394 e. The summed E-state index contributed by atoms with van der Waals surface area (Å²) in [5, 5.41) is 8.47. The first-order valence-electron chi connectivity index (χ1n) is 2.52. The second-order valence-corrected chi connectivity index (χ2v) is 2.17. The highest BCUT2D eigenvalue weighted by Gasteiger charge is 2.11. The van der Waals surface area contributed by atoms with E-state index in [1.165, 1.54) is 0 Å². The van der Waals surface area contributed by atoms with Crippen LogP contribution in [0.3, 0.4) is 0 Å². The van der Waals surface area contributed by atoms with Gasteiger partial charge in [-0.2, -0.15) is 0 Å². The zero-order chi connectivity index (χ0) is 5.91. The Hall–Kier alpha value is -0.0800. The van der Waals surface area contributed by atoms with Crippen LogP contribution >= 0.6 is 0 Å². The van der Waals surface area contributed by atoms with Crippen molar-refractivity contribution in [2.24, 2.45) is 5.73 Å². The molecule has 2 heteroatoms. The molecule has 0 amide bonds. The van der Waals surface area contributed by atoms with Gasteiger partial charge in [0.15, 0.2) is 0 Å². The molecule has 0 spiro atoms. The summed E-state index contributed by atoms with van der Waals surface area (Å²) in [5.41, 5.74) is 5.10. The molecule has 0 aromatic rings. The largest absolute Gasteiger partial charge is 0.394 e. The zero-order valence-corrected chi connectivity index (χ0v) is 4.94. The van der Waals surface area contributed by atoms with Gasteiger partial charge in [0, 0.05) is 5.54 Å². The van der Waals surface area contributed by atoms with Crippen LogP contribution in [0.1, 0.15) is 20.3 Å². The maximum Gasteiger partial charge on any atom is 0.0608 e. The summed E-state index contributed by atoms with van der Waals surface area (Å²) in [7, 11) is 0. The molecule has 7 heavy (non-hydrogen) atoms. The molecule has 3 N–H and O–H groups in total. The number of nitrogens with two attached hydrogens (primary N) is 1. The molecular weight excluding hydrogens is 90.1 g/mol. The molecule has 0 aliphatic rings. The summed E-state index contributed by atoms with van der Waals surface area (Å²) in [5.74, 6) is 0. The summed E-state index contributed by atoms with van der Waals surface area (Å²) in [4.78, 5) is 0. The van der Waals surface area contributed by atoms with E-state index in [1.807, 2.05) is 13.8 Å². The van der Waals surface area contributed by atoms with Gasteiger partial charge in [0.05, 0.1) is 6.61 Å². The van der Waals surface area contributed by atoms with Crippen molar-refractivity contribution in [2.45, 2.75) is 25.8 Å². The lowest BCUT2D eigenvalue weighted by atomic mass is 10.0. The van der Waals surface area contributed by atoms with Crippen molar-refractivity contribution < 1.29 is 5.11 Å². The lowest BCUT2D eigenvalue weighted by Gasteiger charge is -2.17. The van der Waals surface area contributed by atoms with Crippen LogP contribution in [0.5, 0.6) is 0 Å². The molecule has 0 aromatic carbocycles. The van der Waals surface area contributed by atoms with Crippen molar-refractivity contribution in [3.8, 4) is 0 Å². The zero-order valence-electron chi connectivity index (χ0n) is 4.94. The average Bonchev–Trinajstić information content (AvgIpc) is 1.68. The molecule has 0 saturated heterocycles. The van der Waals surface area contributed by atoms with Crippen molar-refractivity contribution in [3.63, 3.8) is 0 Å². The molecule has 0 heterocycles. The van der Waals surface area contributed by atoms with Crippen molar-refractivity contribution in [1.29, 1.82) is 0 Å². The minimum atomic E-state index is -0.361. The number of rotatable bonds is 2. The molecule has 1 unspecified atom stereocenters. The molecule has 0 radical (unpaired) electrons. The van der Waals surface area contributed by atoms with E-state index in [0.29, 0.717) is 0 Å². The second-order valence-electron chi connectivity index (χ2n) is 2.17. The van der Waals surface area contributed by atoms with Gasteiger partial charge in [0.25, 0.3) is 0 Å². The predicted octanol–water partition coefficient (Wildman–Crippen LogP) is 0.106. The van der Waals surface area contributed by atoms with Crippen LogP contribution in [0, 0.1) is 0 Å². The molecular formula is C5H13NO. The van der Waals surface area contributed by atoms with Crippen LogP contribution in [0.15, 0.2) is 0 Å². The smallest absolute Gasteiger partial charge is 0.0608 e. The molecule has 0 aromatic heterocycles. The third kappa shape index (κ3) is 2.60. The highest BCUT2D eigenvalue weighted by molar-refractivity contribution is 4.73. The fraction of sp³-hybridized carbons (Fsp3) is 1.00. The van der Waals surface area contributed by atoms with E-state index in [0.717, 1.165) is 6.42 Å². The highest BCUT2D eigenvalue weighted by atomic mass is 16.3. The maximum absolute atomic E-state index is 8.47. The monoisotopic (exact) mass is 103 g/mol. The van der Waals surface area contributed by atoms with Crippen LogP contribution < -0.4 is 5.73 Å². The first-order valence-corrected chi connectivity index (χ1v) is 2.52. The van der Waals surface area contributed by atoms with Gasteiger partial charge in [-0.1, -0.05) is 6.92 Å². The van der Waals surface area contributed by atoms with Crippen LogP contribution in [-0.2, 0) is 0 Å². The van der Waals surface area contributed by atoms with E-state index in [-0.39, 0.29) is 12.1 Å². The highest BCUT2D eigenvalue weighted by Crippen LogP contribution is 2.00. The Morgan fingerprint density at radius 3 is 2.14 bits per heavy atom. The average molecular weight is 103 g/mol. The quantitative estimate of drug-likeness (QED) is 0.521. The Bertz CT molecular complexity index is 46.0. The van der Waals surface area contributed by atoms with Gasteiger partial charge < -0.3 is 10.8 Å². The standard InChI is InChI=1S/C5H13NO/c1-3-5(2,6)4-7/h7H,3-4,6H2,1-2H3. The number of aliphatic hydroxyl groups is 1. The topological polar surface area (TPSA) is 46.2 Å².